The van der Waals surface area contributed by atoms with Crippen LogP contribution < -0.4 is 14.9 Å². The number of aromatic amines is 1. The Morgan fingerprint density at radius 1 is 1.10 bits per heavy atom. The molecule has 0 unspecified atom stereocenters. The van der Waals surface area contributed by atoms with Crippen LogP contribution in [0.25, 0.3) is 0 Å². The van der Waals surface area contributed by atoms with E-state index in [0.717, 1.165) is 11.3 Å². The number of hydrogen-bond acceptors (Lipinski definition) is 3. The molecule has 21 heavy (non-hydrogen) atoms. The minimum atomic E-state index is -0.255. The van der Waals surface area contributed by atoms with Crippen molar-refractivity contribution in [3.05, 3.63) is 57.1 Å². The fourth-order valence-corrected chi connectivity index (χ4v) is 2.20. The van der Waals surface area contributed by atoms with Crippen molar-refractivity contribution in [1.29, 1.82) is 0 Å². The second-order valence-electron chi connectivity index (χ2n) is 4.75. The van der Waals surface area contributed by atoms with Crippen LogP contribution in [-0.4, -0.2) is 19.2 Å². The van der Waals surface area contributed by atoms with E-state index < -0.39 is 0 Å². The maximum Gasteiger partial charge on any atom is 0.238 e. The Balaban J connectivity index is 2.26. The normalized spacial score (nSPS) is 10.5. The Bertz CT molecular complexity index is 677. The zero-order chi connectivity index (χ0) is 15.4. The summed E-state index contributed by atoms with van der Waals surface area (Å²) in [5.41, 5.74) is 2.23. The van der Waals surface area contributed by atoms with Gasteiger partial charge in [-0.2, -0.15) is 0 Å². The number of methoxy groups -OCH3 is 2. The summed E-state index contributed by atoms with van der Waals surface area (Å²) in [6, 6.07) is 6.34. The van der Waals surface area contributed by atoms with Gasteiger partial charge in [0.1, 0.15) is 5.82 Å². The van der Waals surface area contributed by atoms with Crippen LogP contribution in [0.5, 0.6) is 11.6 Å². The van der Waals surface area contributed by atoms with Crippen LogP contribution >= 0.6 is 0 Å². The van der Waals surface area contributed by atoms with Crippen molar-refractivity contribution in [3.63, 3.8) is 0 Å². The molecule has 0 radical (unpaired) electrons. The monoisotopic (exact) mass is 291 g/mol. The summed E-state index contributed by atoms with van der Waals surface area (Å²) in [5, 5.41) is 0. The summed E-state index contributed by atoms with van der Waals surface area (Å²) in [7, 11) is 2.91. The molecule has 0 saturated carbocycles. The van der Waals surface area contributed by atoms with Crippen molar-refractivity contribution in [1.82, 2.24) is 4.98 Å². The van der Waals surface area contributed by atoms with E-state index in [4.69, 9.17) is 9.47 Å². The van der Waals surface area contributed by atoms with Gasteiger partial charge in [-0.1, -0.05) is 12.1 Å². The molecule has 0 fully saturated rings. The molecule has 0 saturated heterocycles. The topological polar surface area (TPSA) is 51.3 Å². The molecule has 0 bridgehead atoms. The van der Waals surface area contributed by atoms with E-state index in [1.807, 2.05) is 0 Å². The molecule has 2 aromatic rings. The van der Waals surface area contributed by atoms with Gasteiger partial charge < -0.3 is 14.5 Å². The second kappa shape index (κ2) is 6.43. The third-order valence-corrected chi connectivity index (χ3v) is 3.46. The molecule has 1 aromatic carbocycles. The van der Waals surface area contributed by atoms with Crippen LogP contribution in [0.3, 0.4) is 0 Å². The van der Waals surface area contributed by atoms with Gasteiger partial charge in [-0.3, -0.25) is 4.79 Å². The lowest BCUT2D eigenvalue weighted by Crippen LogP contribution is -2.15. The largest absolute Gasteiger partial charge is 0.488 e. The fraction of sp³-hybridized carbons (Fsp3) is 0.312. The van der Waals surface area contributed by atoms with Crippen LogP contribution in [0.2, 0.25) is 0 Å². The molecular formula is C16H18FNO3. The molecule has 0 aliphatic heterocycles. The fourth-order valence-electron chi connectivity index (χ4n) is 2.20. The molecule has 112 valence electrons. The third-order valence-electron chi connectivity index (χ3n) is 3.46. The van der Waals surface area contributed by atoms with Gasteiger partial charge >= 0.3 is 0 Å². The first-order valence-corrected chi connectivity index (χ1v) is 6.65. The smallest absolute Gasteiger partial charge is 0.238 e. The quantitative estimate of drug-likeness (QED) is 0.921. The van der Waals surface area contributed by atoms with Crippen LogP contribution in [0.1, 0.15) is 16.8 Å². The van der Waals surface area contributed by atoms with Crippen molar-refractivity contribution in [2.24, 2.45) is 0 Å². The molecule has 1 heterocycles. The molecule has 0 spiro atoms. The number of rotatable bonds is 5. The number of pyridine rings is 1. The summed E-state index contributed by atoms with van der Waals surface area (Å²) in [6.45, 7) is 1.75. The van der Waals surface area contributed by atoms with Gasteiger partial charge in [0.25, 0.3) is 0 Å². The standard InChI is InChI=1S/C16H18FNO3/c1-10-13(9-6-11-4-7-12(17)8-5-11)18-16(21-3)15(20-2)14(10)19/h4-5,7-8H,6,9H2,1-3H3,(H,18,19). The molecular weight excluding hydrogens is 273 g/mol. The first-order chi connectivity index (χ1) is 10.1. The van der Waals surface area contributed by atoms with Crippen LogP contribution in [0.15, 0.2) is 29.1 Å². The van der Waals surface area contributed by atoms with E-state index >= 15 is 0 Å². The number of hydrogen-bond donors (Lipinski definition) is 1. The van der Waals surface area contributed by atoms with Gasteiger partial charge in [-0.15, -0.1) is 0 Å². The highest BCUT2D eigenvalue weighted by Crippen LogP contribution is 2.22. The number of nitrogens with one attached hydrogen (secondary N) is 1. The van der Waals surface area contributed by atoms with Gasteiger partial charge in [-0.25, -0.2) is 4.39 Å². The molecule has 0 aliphatic carbocycles. The maximum atomic E-state index is 12.9. The molecule has 0 amide bonds. The molecule has 1 aromatic heterocycles. The number of H-pyrrole nitrogens is 1. The first kappa shape index (κ1) is 15.1. The number of ether oxygens (including phenoxy) is 2. The van der Waals surface area contributed by atoms with Crippen molar-refractivity contribution >= 4 is 0 Å². The van der Waals surface area contributed by atoms with Crippen molar-refractivity contribution in [3.8, 4) is 11.6 Å². The number of aromatic nitrogens is 1. The Morgan fingerprint density at radius 2 is 1.76 bits per heavy atom. The zero-order valence-electron chi connectivity index (χ0n) is 12.3. The highest BCUT2D eigenvalue weighted by atomic mass is 19.1. The molecule has 4 nitrogen and oxygen atoms in total. The maximum absolute atomic E-state index is 12.9. The van der Waals surface area contributed by atoms with Crippen molar-refractivity contribution in [2.75, 3.05) is 14.2 Å². The minimum absolute atomic E-state index is 0.179. The average molecular weight is 291 g/mol. The highest BCUT2D eigenvalue weighted by Gasteiger charge is 2.15. The average Bonchev–Trinajstić information content (AvgIpc) is 2.50. The predicted octanol–water partition coefficient (Wildman–Crippen LogP) is 2.62. The minimum Gasteiger partial charge on any atom is -0.488 e. The summed E-state index contributed by atoms with van der Waals surface area (Å²) >= 11 is 0. The van der Waals surface area contributed by atoms with Crippen molar-refractivity contribution < 1.29 is 13.9 Å². The van der Waals surface area contributed by atoms with Crippen LogP contribution in [0.4, 0.5) is 4.39 Å². The number of benzene rings is 1. The van der Waals surface area contributed by atoms with E-state index in [-0.39, 0.29) is 17.0 Å². The Morgan fingerprint density at radius 3 is 2.33 bits per heavy atom. The SMILES string of the molecule is COc1[nH]c(CCc2ccc(F)cc2)c(C)c(=O)c1OC. The molecule has 1 N–H and O–H groups in total. The molecule has 0 aliphatic rings. The molecule has 5 heteroatoms. The summed E-state index contributed by atoms with van der Waals surface area (Å²) in [5.74, 6) is 0.247. The second-order valence-corrected chi connectivity index (χ2v) is 4.75. The van der Waals surface area contributed by atoms with E-state index in [1.54, 1.807) is 19.1 Å². The van der Waals surface area contributed by atoms with Gasteiger partial charge in [0.05, 0.1) is 14.2 Å². The lowest BCUT2D eigenvalue weighted by Gasteiger charge is -2.12. The summed E-state index contributed by atoms with van der Waals surface area (Å²) in [4.78, 5) is 15.3. The first-order valence-electron chi connectivity index (χ1n) is 6.65. The zero-order valence-corrected chi connectivity index (χ0v) is 12.3. The Labute approximate surface area is 122 Å². The lowest BCUT2D eigenvalue weighted by atomic mass is 10.0. The van der Waals surface area contributed by atoms with Gasteiger partial charge in [0.15, 0.2) is 0 Å². The Kier molecular flexibility index (Phi) is 4.62. The van der Waals surface area contributed by atoms with E-state index in [9.17, 15) is 9.18 Å². The molecule has 0 atom stereocenters. The van der Waals surface area contributed by atoms with Gasteiger partial charge in [0.2, 0.25) is 17.1 Å². The summed E-state index contributed by atoms with van der Waals surface area (Å²) < 4.78 is 23.1. The number of halogens is 1. The summed E-state index contributed by atoms with van der Waals surface area (Å²) in [6.07, 6.45) is 1.33. The highest BCUT2D eigenvalue weighted by molar-refractivity contribution is 5.39. The Hall–Kier alpha value is -2.30. The predicted molar refractivity (Wildman–Crippen MR) is 78.7 cm³/mol. The van der Waals surface area contributed by atoms with Crippen LogP contribution in [0, 0.1) is 12.7 Å². The van der Waals surface area contributed by atoms with Crippen LogP contribution in [-0.2, 0) is 12.8 Å². The molecule has 2 rings (SSSR count). The lowest BCUT2D eigenvalue weighted by molar-refractivity contribution is 0.338. The van der Waals surface area contributed by atoms with E-state index in [0.29, 0.717) is 24.3 Å². The van der Waals surface area contributed by atoms with Gasteiger partial charge in [-0.05, 0) is 37.5 Å². The van der Waals surface area contributed by atoms with E-state index in [1.165, 1.54) is 26.4 Å². The van der Waals surface area contributed by atoms with Crippen molar-refractivity contribution in [2.45, 2.75) is 19.8 Å². The number of aryl methyl sites for hydroxylation is 2. The van der Waals surface area contributed by atoms with Gasteiger partial charge in [0, 0.05) is 11.3 Å². The third kappa shape index (κ3) is 3.24. The van der Waals surface area contributed by atoms with E-state index in [2.05, 4.69) is 4.98 Å².